The lowest BCUT2D eigenvalue weighted by Crippen LogP contribution is -2.41. The molecule has 0 saturated heterocycles. The molecule has 32 heavy (non-hydrogen) atoms. The van der Waals surface area contributed by atoms with E-state index in [1.165, 1.54) is 4.40 Å². The highest BCUT2D eigenvalue weighted by Gasteiger charge is 2.25. The van der Waals surface area contributed by atoms with Crippen molar-refractivity contribution < 1.29 is 9.67 Å². The Bertz CT molecular complexity index is 1360. The van der Waals surface area contributed by atoms with E-state index < -0.39 is 0 Å². The van der Waals surface area contributed by atoms with Crippen molar-refractivity contribution in [3.05, 3.63) is 98.8 Å². The first-order valence-electron chi connectivity index (χ1n) is 9.75. The van der Waals surface area contributed by atoms with Gasteiger partial charge in [0, 0.05) is 37.5 Å². The van der Waals surface area contributed by atoms with Gasteiger partial charge in [0.05, 0.1) is 6.20 Å². The summed E-state index contributed by atoms with van der Waals surface area (Å²) in [5, 5.41) is 25.8. The SMILES string of the molecule is CN(C)/C(=N\[O-])c1ccc(-c2c(O)[n+](Cc3ccc(Cl)nc3)c3ccccn3c2=O)cc1. The van der Waals surface area contributed by atoms with E-state index in [9.17, 15) is 15.1 Å². The molecule has 4 rings (SSSR count). The molecule has 3 aromatic heterocycles. The molecule has 0 bridgehead atoms. The van der Waals surface area contributed by atoms with Crippen LogP contribution in [0.4, 0.5) is 0 Å². The minimum absolute atomic E-state index is 0.146. The fourth-order valence-corrected chi connectivity index (χ4v) is 3.67. The van der Waals surface area contributed by atoms with Crippen LogP contribution in [0.5, 0.6) is 5.88 Å². The third-order valence-electron chi connectivity index (χ3n) is 5.10. The Kier molecular flexibility index (Phi) is 5.79. The topological polar surface area (TPSA) is 97.1 Å². The zero-order valence-electron chi connectivity index (χ0n) is 17.4. The van der Waals surface area contributed by atoms with E-state index in [1.54, 1.807) is 84.5 Å². The van der Waals surface area contributed by atoms with Crippen LogP contribution in [-0.4, -0.2) is 39.3 Å². The van der Waals surface area contributed by atoms with Crippen LogP contribution in [0.15, 0.2) is 76.9 Å². The summed E-state index contributed by atoms with van der Waals surface area (Å²) in [6.45, 7) is 0.280. The number of fused-ring (bicyclic) bond motifs is 1. The van der Waals surface area contributed by atoms with Gasteiger partial charge in [-0.1, -0.05) is 48.0 Å². The summed E-state index contributed by atoms with van der Waals surface area (Å²) in [5.74, 6) is 0.0931. The van der Waals surface area contributed by atoms with Crippen molar-refractivity contribution in [2.45, 2.75) is 6.54 Å². The first-order chi connectivity index (χ1) is 15.4. The number of aromatic hydroxyl groups is 1. The third kappa shape index (κ3) is 3.88. The lowest BCUT2D eigenvalue weighted by atomic mass is 10.0. The van der Waals surface area contributed by atoms with Gasteiger partial charge in [-0.3, -0.25) is 0 Å². The van der Waals surface area contributed by atoms with Gasteiger partial charge in [0.25, 0.3) is 11.5 Å². The molecule has 0 aliphatic carbocycles. The molecule has 3 heterocycles. The normalized spacial score (nSPS) is 11.7. The molecule has 0 fully saturated rings. The number of nitrogens with zero attached hydrogens (tertiary/aromatic N) is 5. The molecule has 0 saturated carbocycles. The van der Waals surface area contributed by atoms with E-state index in [0.29, 0.717) is 21.9 Å². The molecule has 1 aromatic carbocycles. The Morgan fingerprint density at radius 1 is 1.19 bits per heavy atom. The van der Waals surface area contributed by atoms with Gasteiger partial charge < -0.3 is 20.4 Å². The number of rotatable bonds is 4. The molecule has 0 amide bonds. The Balaban J connectivity index is 1.88. The number of hydrogen-bond acceptors (Lipinski definition) is 5. The van der Waals surface area contributed by atoms with E-state index in [2.05, 4.69) is 10.1 Å². The largest absolute Gasteiger partial charge is 0.790 e. The minimum atomic E-state index is -0.360. The maximum absolute atomic E-state index is 13.3. The van der Waals surface area contributed by atoms with E-state index in [0.717, 1.165) is 5.56 Å². The summed E-state index contributed by atoms with van der Waals surface area (Å²) in [6.07, 6.45) is 3.28. The first-order valence-corrected chi connectivity index (χ1v) is 10.1. The highest BCUT2D eigenvalue weighted by Crippen LogP contribution is 2.24. The molecule has 162 valence electrons. The summed E-state index contributed by atoms with van der Waals surface area (Å²) >= 11 is 5.89. The first kappa shape index (κ1) is 21.3. The predicted molar refractivity (Wildman–Crippen MR) is 123 cm³/mol. The maximum atomic E-state index is 13.3. The molecular weight excluding hydrogens is 430 g/mol. The average molecular weight is 450 g/mol. The molecule has 4 aromatic rings. The van der Waals surface area contributed by atoms with Gasteiger partial charge in [0.2, 0.25) is 0 Å². The number of halogens is 1. The summed E-state index contributed by atoms with van der Waals surface area (Å²) < 4.78 is 3.12. The summed E-state index contributed by atoms with van der Waals surface area (Å²) in [7, 11) is 3.45. The fourth-order valence-electron chi connectivity index (χ4n) is 3.55. The van der Waals surface area contributed by atoms with Crippen molar-refractivity contribution in [2.75, 3.05) is 14.1 Å². The van der Waals surface area contributed by atoms with Crippen LogP contribution in [0.1, 0.15) is 11.1 Å². The summed E-state index contributed by atoms with van der Waals surface area (Å²) in [5.41, 5.74) is 2.24. The minimum Gasteiger partial charge on any atom is -0.790 e. The van der Waals surface area contributed by atoms with Crippen molar-refractivity contribution >= 4 is 23.1 Å². The van der Waals surface area contributed by atoms with Crippen molar-refractivity contribution in [2.24, 2.45) is 5.16 Å². The second-order valence-corrected chi connectivity index (χ2v) is 7.78. The molecule has 0 aliphatic rings. The van der Waals surface area contributed by atoms with E-state index >= 15 is 0 Å². The van der Waals surface area contributed by atoms with Crippen LogP contribution in [0, 0.1) is 5.21 Å². The van der Waals surface area contributed by atoms with E-state index in [-0.39, 0.29) is 29.4 Å². The van der Waals surface area contributed by atoms with Crippen LogP contribution in [0.2, 0.25) is 5.15 Å². The van der Waals surface area contributed by atoms with Crippen LogP contribution >= 0.6 is 11.6 Å². The maximum Gasteiger partial charge on any atom is 0.354 e. The van der Waals surface area contributed by atoms with Gasteiger partial charge in [-0.15, -0.1) is 0 Å². The van der Waals surface area contributed by atoms with Crippen LogP contribution in [-0.2, 0) is 6.54 Å². The Labute approximate surface area is 188 Å². The number of benzene rings is 1. The van der Waals surface area contributed by atoms with Gasteiger partial charge in [0.15, 0.2) is 5.56 Å². The van der Waals surface area contributed by atoms with Gasteiger partial charge in [-0.25, -0.2) is 9.78 Å². The molecular formula is C23H20ClN5O3. The van der Waals surface area contributed by atoms with Gasteiger partial charge in [-0.05, 0) is 17.7 Å². The monoisotopic (exact) mass is 449 g/mol. The van der Waals surface area contributed by atoms with Gasteiger partial charge in [-0.2, -0.15) is 8.97 Å². The predicted octanol–water partition coefficient (Wildman–Crippen LogP) is 2.86. The molecule has 8 nitrogen and oxygen atoms in total. The van der Waals surface area contributed by atoms with Crippen molar-refractivity contribution in [1.29, 1.82) is 0 Å². The number of hydrogen-bond donors (Lipinski definition) is 1. The summed E-state index contributed by atoms with van der Waals surface area (Å²) in [4.78, 5) is 19.0. The molecule has 0 aliphatic heterocycles. The quantitative estimate of drug-likeness (QED) is 0.170. The summed E-state index contributed by atoms with van der Waals surface area (Å²) in [6, 6.07) is 15.5. The molecule has 0 atom stereocenters. The van der Waals surface area contributed by atoms with Crippen LogP contribution in [0.3, 0.4) is 0 Å². The van der Waals surface area contributed by atoms with E-state index in [4.69, 9.17) is 11.6 Å². The number of pyridine rings is 2. The van der Waals surface area contributed by atoms with Crippen molar-refractivity contribution in [3.63, 3.8) is 0 Å². The standard InChI is InChI=1S/C23H20ClN5O3/c1-27(2)21(26-32)17-9-7-16(8-10-17)20-22(30)28-12-4-3-5-19(28)29(23(20)31)14-15-6-11-18(24)25-13-15/h3-13H,14H2,1-2H3,(H-,26,30,31,32). The molecule has 1 N–H and O–H groups in total. The Morgan fingerprint density at radius 2 is 1.94 bits per heavy atom. The molecule has 0 spiro atoms. The highest BCUT2D eigenvalue weighted by atomic mass is 35.5. The van der Waals surface area contributed by atoms with Crippen LogP contribution in [0.25, 0.3) is 16.8 Å². The fraction of sp³-hybridized carbons (Fsp3) is 0.130. The number of amidine groups is 1. The number of aromatic nitrogens is 3. The zero-order valence-corrected chi connectivity index (χ0v) is 18.2. The average Bonchev–Trinajstić information content (AvgIpc) is 2.79. The zero-order chi connectivity index (χ0) is 22.8. The van der Waals surface area contributed by atoms with Crippen LogP contribution < -0.4 is 10.1 Å². The third-order valence-corrected chi connectivity index (χ3v) is 5.32. The lowest BCUT2D eigenvalue weighted by Gasteiger charge is -2.17. The highest BCUT2D eigenvalue weighted by molar-refractivity contribution is 6.29. The van der Waals surface area contributed by atoms with Crippen molar-refractivity contribution in [3.8, 4) is 17.0 Å². The second kappa shape index (κ2) is 8.68. The molecule has 9 heteroatoms. The smallest absolute Gasteiger partial charge is 0.354 e. The Morgan fingerprint density at radius 3 is 2.56 bits per heavy atom. The Hall–Kier alpha value is -3.91. The molecule has 0 radical (unpaired) electrons. The van der Waals surface area contributed by atoms with Gasteiger partial charge >= 0.3 is 5.56 Å². The second-order valence-electron chi connectivity index (χ2n) is 7.39. The molecule has 0 unspecified atom stereocenters. The van der Waals surface area contributed by atoms with Gasteiger partial charge in [0.1, 0.15) is 17.5 Å². The van der Waals surface area contributed by atoms with Crippen molar-refractivity contribution in [1.82, 2.24) is 14.3 Å². The lowest BCUT2D eigenvalue weighted by molar-refractivity contribution is -0.671. The van der Waals surface area contributed by atoms with E-state index in [1.807, 2.05) is 6.07 Å².